The molecule has 0 spiro atoms. The summed E-state index contributed by atoms with van der Waals surface area (Å²) in [7, 11) is 0. The van der Waals surface area contributed by atoms with E-state index in [1.165, 1.54) is 12.1 Å². The largest absolute Gasteiger partial charge is 0.545 e. The first-order valence-corrected chi connectivity index (χ1v) is 6.04. The first kappa shape index (κ1) is 13.2. The molecule has 2 aromatic rings. The van der Waals surface area contributed by atoms with Crippen molar-refractivity contribution in [2.45, 2.75) is 0 Å². The van der Waals surface area contributed by atoms with E-state index in [-0.39, 0.29) is 5.69 Å². The van der Waals surface area contributed by atoms with Crippen molar-refractivity contribution in [2.24, 2.45) is 0 Å². The van der Waals surface area contributed by atoms with Gasteiger partial charge in [-0.3, -0.25) is 10.1 Å². The zero-order valence-corrected chi connectivity index (χ0v) is 11.1. The molecule has 6 heteroatoms. The minimum Gasteiger partial charge on any atom is -0.545 e. The standard InChI is InChI=1S/C13H8BrNO4/c14-10-5-6-11(15(18)19)13-8(4-7-12(16)17)2-1-3-9(10)13/h1-7H,(H,16,17)/p-1/b7-4+. The lowest BCUT2D eigenvalue weighted by atomic mass is 10.0. The highest BCUT2D eigenvalue weighted by Gasteiger charge is 2.15. The minimum atomic E-state index is -1.35. The SMILES string of the molecule is O=C([O-])/C=C/c1cccc2c(Br)ccc([N+](=O)[O-])c12. The smallest absolute Gasteiger partial charge is 0.277 e. The molecular weight excluding hydrogens is 314 g/mol. The highest BCUT2D eigenvalue weighted by Crippen LogP contribution is 2.34. The molecule has 0 bridgehead atoms. The summed E-state index contributed by atoms with van der Waals surface area (Å²) in [6, 6.07) is 8.01. The normalized spacial score (nSPS) is 11.0. The van der Waals surface area contributed by atoms with E-state index in [2.05, 4.69) is 15.9 Å². The average molecular weight is 321 g/mol. The van der Waals surface area contributed by atoms with Gasteiger partial charge in [-0.1, -0.05) is 40.2 Å². The van der Waals surface area contributed by atoms with E-state index in [1.807, 2.05) is 0 Å². The Hall–Kier alpha value is -2.21. The van der Waals surface area contributed by atoms with Crippen LogP contribution < -0.4 is 5.11 Å². The molecule has 0 aliphatic carbocycles. The fourth-order valence-electron chi connectivity index (χ4n) is 1.83. The Morgan fingerprint density at radius 1 is 1.26 bits per heavy atom. The molecule has 0 fully saturated rings. The molecule has 96 valence electrons. The van der Waals surface area contributed by atoms with Crippen molar-refractivity contribution in [3.63, 3.8) is 0 Å². The van der Waals surface area contributed by atoms with Gasteiger partial charge in [0.05, 0.1) is 16.3 Å². The molecule has 0 saturated heterocycles. The van der Waals surface area contributed by atoms with Crippen LogP contribution in [0.2, 0.25) is 0 Å². The molecule has 0 unspecified atom stereocenters. The third-order valence-corrected chi connectivity index (χ3v) is 3.28. The fraction of sp³-hybridized carbons (Fsp3) is 0. The Bertz CT molecular complexity index is 709. The molecule has 2 aromatic carbocycles. The second kappa shape index (κ2) is 5.19. The number of carboxylic acid groups (broad SMARTS) is 1. The molecule has 0 amide bonds. The van der Waals surface area contributed by atoms with E-state index >= 15 is 0 Å². The van der Waals surface area contributed by atoms with Gasteiger partial charge in [-0.25, -0.2) is 0 Å². The Kier molecular flexibility index (Phi) is 3.62. The van der Waals surface area contributed by atoms with Gasteiger partial charge in [0, 0.05) is 15.9 Å². The number of nitrogens with zero attached hydrogens (tertiary/aromatic N) is 1. The van der Waals surface area contributed by atoms with Crippen molar-refractivity contribution in [1.29, 1.82) is 0 Å². The molecule has 2 rings (SSSR count). The molecule has 0 saturated carbocycles. The third kappa shape index (κ3) is 2.63. The zero-order chi connectivity index (χ0) is 14.0. The van der Waals surface area contributed by atoms with E-state index in [1.54, 1.807) is 24.3 Å². The predicted octanol–water partition coefficient (Wildman–Crippen LogP) is 2.27. The van der Waals surface area contributed by atoms with Crippen molar-refractivity contribution in [2.75, 3.05) is 0 Å². The van der Waals surface area contributed by atoms with Crippen LogP contribution in [0.25, 0.3) is 16.8 Å². The van der Waals surface area contributed by atoms with Crippen LogP contribution in [0.3, 0.4) is 0 Å². The number of nitro benzene ring substituents is 1. The number of fused-ring (bicyclic) bond motifs is 1. The van der Waals surface area contributed by atoms with Gasteiger partial charge in [-0.15, -0.1) is 0 Å². The lowest BCUT2D eigenvalue weighted by molar-refractivity contribution is -0.383. The maximum absolute atomic E-state index is 11.1. The second-order valence-corrected chi connectivity index (χ2v) is 4.60. The van der Waals surface area contributed by atoms with Gasteiger partial charge in [-0.05, 0) is 17.7 Å². The third-order valence-electron chi connectivity index (χ3n) is 2.59. The molecule has 19 heavy (non-hydrogen) atoms. The Labute approximate surface area is 116 Å². The van der Waals surface area contributed by atoms with Gasteiger partial charge in [-0.2, -0.15) is 0 Å². The van der Waals surface area contributed by atoms with E-state index < -0.39 is 10.9 Å². The van der Waals surface area contributed by atoms with Crippen LogP contribution in [0.5, 0.6) is 0 Å². The second-order valence-electron chi connectivity index (χ2n) is 3.75. The summed E-state index contributed by atoms with van der Waals surface area (Å²) in [6.07, 6.45) is 2.14. The van der Waals surface area contributed by atoms with Gasteiger partial charge in [0.25, 0.3) is 5.69 Å². The summed E-state index contributed by atoms with van der Waals surface area (Å²) < 4.78 is 0.705. The number of carbonyl (C=O) groups is 1. The van der Waals surface area contributed by atoms with Crippen molar-refractivity contribution >= 4 is 44.4 Å². The molecular formula is C13H7BrNO4-. The van der Waals surface area contributed by atoms with Crippen LogP contribution in [0.15, 0.2) is 40.9 Å². The number of non-ortho nitro benzene ring substituents is 1. The minimum absolute atomic E-state index is 0.0724. The van der Waals surface area contributed by atoms with Crippen molar-refractivity contribution in [3.05, 3.63) is 56.6 Å². The van der Waals surface area contributed by atoms with Crippen LogP contribution in [0, 0.1) is 10.1 Å². The number of aliphatic carboxylic acids is 1. The molecule has 0 N–H and O–H groups in total. The Balaban J connectivity index is 2.81. The van der Waals surface area contributed by atoms with Crippen LogP contribution in [-0.4, -0.2) is 10.9 Å². The van der Waals surface area contributed by atoms with Crippen LogP contribution in [-0.2, 0) is 4.79 Å². The van der Waals surface area contributed by atoms with Crippen LogP contribution in [0.4, 0.5) is 5.69 Å². The lowest BCUT2D eigenvalue weighted by Gasteiger charge is -2.05. The van der Waals surface area contributed by atoms with Crippen molar-refractivity contribution in [3.8, 4) is 0 Å². The highest BCUT2D eigenvalue weighted by atomic mass is 79.9. The highest BCUT2D eigenvalue weighted by molar-refractivity contribution is 9.10. The van der Waals surface area contributed by atoms with Crippen LogP contribution in [0.1, 0.15) is 5.56 Å². The van der Waals surface area contributed by atoms with Crippen LogP contribution >= 0.6 is 15.9 Å². The molecule has 5 nitrogen and oxygen atoms in total. The molecule has 0 aliphatic heterocycles. The number of hydrogen-bond donors (Lipinski definition) is 0. The fourth-order valence-corrected chi connectivity index (χ4v) is 2.29. The average Bonchev–Trinajstić information content (AvgIpc) is 2.36. The first-order valence-electron chi connectivity index (χ1n) is 5.25. The Morgan fingerprint density at radius 2 is 2.00 bits per heavy atom. The van der Waals surface area contributed by atoms with Crippen molar-refractivity contribution in [1.82, 2.24) is 0 Å². The predicted molar refractivity (Wildman–Crippen MR) is 72.3 cm³/mol. The van der Waals surface area contributed by atoms with Gasteiger partial charge >= 0.3 is 0 Å². The van der Waals surface area contributed by atoms with Gasteiger partial charge in [0.2, 0.25) is 0 Å². The molecule has 0 aliphatic rings. The first-order chi connectivity index (χ1) is 9.00. The number of halogens is 1. The number of rotatable bonds is 3. The van der Waals surface area contributed by atoms with Gasteiger partial charge in [0.15, 0.2) is 0 Å². The van der Waals surface area contributed by atoms with E-state index in [0.29, 0.717) is 20.8 Å². The number of carbonyl (C=O) groups excluding carboxylic acids is 1. The summed E-state index contributed by atoms with van der Waals surface area (Å²) in [6.45, 7) is 0. The summed E-state index contributed by atoms with van der Waals surface area (Å²) in [5, 5.41) is 22.5. The number of carboxylic acids is 1. The van der Waals surface area contributed by atoms with E-state index in [0.717, 1.165) is 6.08 Å². The van der Waals surface area contributed by atoms with E-state index in [9.17, 15) is 20.0 Å². The van der Waals surface area contributed by atoms with Gasteiger partial charge < -0.3 is 9.90 Å². The van der Waals surface area contributed by atoms with Gasteiger partial charge in [0.1, 0.15) is 0 Å². The number of hydrogen-bond acceptors (Lipinski definition) is 4. The van der Waals surface area contributed by atoms with Crippen molar-refractivity contribution < 1.29 is 14.8 Å². The Morgan fingerprint density at radius 3 is 2.63 bits per heavy atom. The lowest BCUT2D eigenvalue weighted by Crippen LogP contribution is -2.18. The number of nitro groups is 1. The summed E-state index contributed by atoms with van der Waals surface area (Å²) >= 11 is 3.32. The monoisotopic (exact) mass is 320 g/mol. The topological polar surface area (TPSA) is 83.3 Å². The molecule has 0 heterocycles. The maximum Gasteiger partial charge on any atom is 0.277 e. The molecule has 0 aromatic heterocycles. The summed E-state index contributed by atoms with van der Waals surface area (Å²) in [4.78, 5) is 21.0. The summed E-state index contributed by atoms with van der Waals surface area (Å²) in [5.74, 6) is -1.35. The maximum atomic E-state index is 11.1. The molecule has 0 radical (unpaired) electrons. The van der Waals surface area contributed by atoms with E-state index in [4.69, 9.17) is 0 Å². The number of benzene rings is 2. The zero-order valence-electron chi connectivity index (χ0n) is 9.50. The quantitative estimate of drug-likeness (QED) is 0.493. The molecule has 0 atom stereocenters. The summed E-state index contributed by atoms with van der Waals surface area (Å²) in [5.41, 5.74) is 0.381.